The van der Waals surface area contributed by atoms with Gasteiger partial charge in [-0.15, -0.1) is 0 Å². The van der Waals surface area contributed by atoms with Crippen molar-refractivity contribution in [3.05, 3.63) is 99.0 Å². The van der Waals surface area contributed by atoms with Crippen LogP contribution in [0.4, 0.5) is 0 Å². The highest BCUT2D eigenvalue weighted by Gasteiger charge is 2.28. The fourth-order valence-corrected chi connectivity index (χ4v) is 8.16. The SMILES string of the molecule is CC[N+](CC)(CCCCN(Cc1cc2c(cc1Cl)OCO2)S(=O)(=O)c1ccc2c(Cl)cccc2c1)Cc1cc(C)cc(C)c1. The lowest BCUT2D eigenvalue weighted by atomic mass is 10.1. The summed E-state index contributed by atoms with van der Waals surface area (Å²) in [7, 11) is -3.87. The molecular weight excluding hydrogens is 615 g/mol. The van der Waals surface area contributed by atoms with Crippen molar-refractivity contribution in [2.24, 2.45) is 0 Å². The van der Waals surface area contributed by atoms with Crippen LogP contribution in [0.1, 0.15) is 48.9 Å². The van der Waals surface area contributed by atoms with E-state index in [1.807, 2.05) is 12.1 Å². The van der Waals surface area contributed by atoms with Gasteiger partial charge in [0.2, 0.25) is 16.8 Å². The number of halogens is 2. The Morgan fingerprint density at radius 1 is 0.841 bits per heavy atom. The van der Waals surface area contributed by atoms with Gasteiger partial charge in [0.25, 0.3) is 0 Å². The molecule has 1 aliphatic rings. The molecule has 6 nitrogen and oxygen atoms in total. The fraction of sp³-hybridized carbons (Fsp3) is 0.371. The monoisotopic (exact) mass is 655 g/mol. The van der Waals surface area contributed by atoms with Crippen molar-refractivity contribution in [3.63, 3.8) is 0 Å². The van der Waals surface area contributed by atoms with Gasteiger partial charge >= 0.3 is 0 Å². The van der Waals surface area contributed by atoms with Gasteiger partial charge in [0.05, 0.1) is 24.5 Å². The Bertz CT molecular complexity index is 1740. The van der Waals surface area contributed by atoms with Crippen LogP contribution in [0.3, 0.4) is 0 Å². The molecule has 0 saturated carbocycles. The summed E-state index contributed by atoms with van der Waals surface area (Å²) in [5.74, 6) is 1.14. The first kappa shape index (κ1) is 32.6. The summed E-state index contributed by atoms with van der Waals surface area (Å²) in [5.41, 5.74) is 4.59. The molecule has 0 aromatic heterocycles. The van der Waals surface area contributed by atoms with Gasteiger partial charge in [0, 0.05) is 40.2 Å². The maximum Gasteiger partial charge on any atom is 0.243 e. The molecule has 0 N–H and O–H groups in total. The quantitative estimate of drug-likeness (QED) is 0.107. The minimum atomic E-state index is -3.87. The molecular formula is C35H41Cl2N2O4S+. The van der Waals surface area contributed by atoms with Crippen LogP contribution in [0.2, 0.25) is 10.0 Å². The second-order valence-electron chi connectivity index (χ2n) is 11.8. The third kappa shape index (κ3) is 7.19. The molecule has 4 aromatic carbocycles. The highest BCUT2D eigenvalue weighted by Crippen LogP contribution is 2.38. The van der Waals surface area contributed by atoms with E-state index in [0.717, 1.165) is 47.9 Å². The van der Waals surface area contributed by atoms with Gasteiger partial charge in [0.1, 0.15) is 6.54 Å². The van der Waals surface area contributed by atoms with Gasteiger partial charge in [-0.25, -0.2) is 8.42 Å². The lowest BCUT2D eigenvalue weighted by Gasteiger charge is -2.37. The van der Waals surface area contributed by atoms with E-state index in [9.17, 15) is 8.42 Å². The van der Waals surface area contributed by atoms with E-state index in [4.69, 9.17) is 32.7 Å². The van der Waals surface area contributed by atoms with E-state index < -0.39 is 10.0 Å². The van der Waals surface area contributed by atoms with Gasteiger partial charge < -0.3 is 14.0 Å². The maximum atomic E-state index is 14.2. The molecule has 234 valence electrons. The number of unbranched alkanes of at least 4 members (excludes halogenated alkanes) is 1. The summed E-state index contributed by atoms with van der Waals surface area (Å²) in [6, 6.07) is 20.9. The zero-order valence-corrected chi connectivity index (χ0v) is 28.2. The number of nitrogens with zero attached hydrogens (tertiary/aromatic N) is 2. The second kappa shape index (κ2) is 13.7. The van der Waals surface area contributed by atoms with Crippen LogP contribution in [0.5, 0.6) is 11.5 Å². The lowest BCUT2D eigenvalue weighted by molar-refractivity contribution is -0.938. The van der Waals surface area contributed by atoms with Crippen molar-refractivity contribution in [3.8, 4) is 11.5 Å². The summed E-state index contributed by atoms with van der Waals surface area (Å²) < 4.78 is 41.9. The summed E-state index contributed by atoms with van der Waals surface area (Å²) in [5, 5.41) is 2.63. The Balaban J connectivity index is 1.38. The molecule has 0 spiro atoms. The number of sulfonamides is 1. The van der Waals surface area contributed by atoms with E-state index >= 15 is 0 Å². The van der Waals surface area contributed by atoms with Gasteiger partial charge in [-0.3, -0.25) is 0 Å². The van der Waals surface area contributed by atoms with Crippen molar-refractivity contribution in [1.82, 2.24) is 4.31 Å². The molecule has 1 heterocycles. The van der Waals surface area contributed by atoms with Crippen LogP contribution in [0.25, 0.3) is 10.8 Å². The van der Waals surface area contributed by atoms with Crippen LogP contribution in [0, 0.1) is 13.8 Å². The highest BCUT2D eigenvalue weighted by molar-refractivity contribution is 7.89. The van der Waals surface area contributed by atoms with E-state index in [1.54, 1.807) is 40.7 Å². The van der Waals surface area contributed by atoms with Crippen molar-refractivity contribution >= 4 is 44.0 Å². The Morgan fingerprint density at radius 2 is 1.55 bits per heavy atom. The number of aryl methyl sites for hydroxylation is 2. The van der Waals surface area contributed by atoms with E-state index in [-0.39, 0.29) is 18.2 Å². The molecule has 0 saturated heterocycles. The standard InChI is InChI=1S/C35H41Cl2N2O4S/c1-5-39(6-2,23-27-17-25(3)16-26(4)18-27)15-8-7-14-38(22-29-20-34-35(21-33(29)37)43-24-42-34)44(40,41)30-12-13-31-28(19-30)10-9-11-32(31)36/h9-13,16-21H,5-8,14-15,22-24H2,1-4H3/q+1. The molecule has 9 heteroatoms. The molecule has 0 unspecified atom stereocenters. The molecule has 1 aliphatic heterocycles. The normalized spacial score (nSPS) is 13.2. The largest absolute Gasteiger partial charge is 0.454 e. The zero-order chi connectivity index (χ0) is 31.5. The summed E-state index contributed by atoms with van der Waals surface area (Å²) >= 11 is 13.0. The lowest BCUT2D eigenvalue weighted by Crippen LogP contribution is -2.47. The van der Waals surface area contributed by atoms with Crippen LogP contribution >= 0.6 is 23.2 Å². The Hall–Kier alpha value is -2.81. The van der Waals surface area contributed by atoms with Gasteiger partial charge in [-0.2, -0.15) is 4.31 Å². The van der Waals surface area contributed by atoms with Crippen molar-refractivity contribution < 1.29 is 22.4 Å². The molecule has 0 atom stereocenters. The first-order valence-corrected chi connectivity index (χ1v) is 17.4. The average Bonchev–Trinajstić information content (AvgIpc) is 3.44. The third-order valence-corrected chi connectivity index (χ3v) is 11.3. The van der Waals surface area contributed by atoms with Crippen molar-refractivity contribution in [2.45, 2.75) is 58.5 Å². The molecule has 0 amide bonds. The van der Waals surface area contributed by atoms with Crippen molar-refractivity contribution in [1.29, 1.82) is 0 Å². The topological polar surface area (TPSA) is 55.8 Å². The van der Waals surface area contributed by atoms with Gasteiger partial charge in [0.15, 0.2) is 11.5 Å². The van der Waals surface area contributed by atoms with E-state index in [0.29, 0.717) is 40.1 Å². The van der Waals surface area contributed by atoms with Gasteiger partial charge in [-0.1, -0.05) is 70.7 Å². The smallest absolute Gasteiger partial charge is 0.243 e. The van der Waals surface area contributed by atoms with Gasteiger partial charge in [-0.05, 0) is 75.8 Å². The Labute approximate surface area is 271 Å². The molecule has 0 radical (unpaired) electrons. The summed E-state index contributed by atoms with van der Waals surface area (Å²) in [4.78, 5) is 0.228. The Kier molecular flexibility index (Phi) is 10.1. The first-order valence-electron chi connectivity index (χ1n) is 15.2. The maximum absolute atomic E-state index is 14.2. The number of quaternary nitrogens is 1. The second-order valence-corrected chi connectivity index (χ2v) is 14.6. The number of rotatable bonds is 13. The van der Waals surface area contributed by atoms with Crippen LogP contribution in [-0.4, -0.2) is 50.2 Å². The summed E-state index contributed by atoms with van der Waals surface area (Å²) in [6.07, 6.45) is 1.61. The van der Waals surface area contributed by atoms with E-state index in [1.165, 1.54) is 16.7 Å². The Morgan fingerprint density at radius 3 is 2.25 bits per heavy atom. The zero-order valence-electron chi connectivity index (χ0n) is 25.9. The number of benzene rings is 4. The van der Waals surface area contributed by atoms with Crippen LogP contribution in [-0.2, 0) is 23.1 Å². The highest BCUT2D eigenvalue weighted by atomic mass is 35.5. The summed E-state index contributed by atoms with van der Waals surface area (Å²) in [6.45, 7) is 13.3. The number of hydrogen-bond donors (Lipinski definition) is 0. The predicted octanol–water partition coefficient (Wildman–Crippen LogP) is 8.52. The fourth-order valence-electron chi connectivity index (χ4n) is 6.21. The average molecular weight is 657 g/mol. The third-order valence-electron chi connectivity index (χ3n) is 8.76. The first-order chi connectivity index (χ1) is 21.0. The minimum absolute atomic E-state index is 0.119. The minimum Gasteiger partial charge on any atom is -0.454 e. The molecule has 5 rings (SSSR count). The number of hydrogen-bond acceptors (Lipinski definition) is 4. The molecule has 0 fully saturated rings. The van der Waals surface area contributed by atoms with Crippen LogP contribution < -0.4 is 9.47 Å². The molecule has 4 aromatic rings. The van der Waals surface area contributed by atoms with E-state index in [2.05, 4.69) is 45.9 Å². The van der Waals surface area contributed by atoms with Crippen LogP contribution in [0.15, 0.2) is 71.6 Å². The molecule has 0 bridgehead atoms. The molecule has 44 heavy (non-hydrogen) atoms. The molecule has 0 aliphatic carbocycles. The predicted molar refractivity (Wildman–Crippen MR) is 179 cm³/mol. The van der Waals surface area contributed by atoms with Crippen molar-refractivity contribution in [2.75, 3.05) is 33.0 Å². The number of ether oxygens (including phenoxy) is 2. The number of fused-ring (bicyclic) bond motifs is 2.